The van der Waals surface area contributed by atoms with Crippen LogP contribution in [0.4, 0.5) is 5.69 Å². The van der Waals surface area contributed by atoms with Gasteiger partial charge in [-0.25, -0.2) is 0 Å². The molecule has 2 aromatic rings. The van der Waals surface area contributed by atoms with E-state index in [-0.39, 0.29) is 17.9 Å². The minimum absolute atomic E-state index is 0.000122. The van der Waals surface area contributed by atoms with Crippen molar-refractivity contribution in [2.45, 2.75) is 31.2 Å². The van der Waals surface area contributed by atoms with E-state index in [1.807, 2.05) is 36.4 Å². The second kappa shape index (κ2) is 6.26. The Balaban J connectivity index is 1.99. The normalized spacial score (nSPS) is 27.5. The number of allylic oxidation sites excluding steroid dienone is 1. The summed E-state index contributed by atoms with van der Waals surface area (Å²) in [4.78, 5) is 15.8. The van der Waals surface area contributed by atoms with E-state index in [9.17, 15) is 4.79 Å². The molecule has 1 N–H and O–H groups in total. The summed E-state index contributed by atoms with van der Waals surface area (Å²) in [6, 6.07) is 16.2. The average Bonchev–Trinajstić information content (AvgIpc) is 3.05. The van der Waals surface area contributed by atoms with Crippen molar-refractivity contribution in [3.05, 3.63) is 76.3 Å². The first-order valence-electron chi connectivity index (χ1n) is 8.96. The second-order valence-electron chi connectivity index (χ2n) is 7.60. The summed E-state index contributed by atoms with van der Waals surface area (Å²) < 4.78 is 0. The van der Waals surface area contributed by atoms with Crippen molar-refractivity contribution in [3.8, 4) is 0 Å². The van der Waals surface area contributed by atoms with Crippen LogP contribution in [0, 0.1) is 0 Å². The second-order valence-corrected chi connectivity index (χ2v) is 8.04. The van der Waals surface area contributed by atoms with Crippen LogP contribution in [0.15, 0.2) is 60.2 Å². The van der Waals surface area contributed by atoms with Gasteiger partial charge in [-0.15, -0.1) is 0 Å². The lowest BCUT2D eigenvalue weighted by atomic mass is 9.66. The number of nitrogens with zero attached hydrogens (tertiary/aromatic N) is 1. The predicted octanol–water partition coefficient (Wildman–Crippen LogP) is 4.59. The Labute approximate surface area is 159 Å². The number of hydrogen-bond acceptors (Lipinski definition) is 2. The van der Waals surface area contributed by atoms with Crippen molar-refractivity contribution in [1.29, 1.82) is 0 Å². The summed E-state index contributed by atoms with van der Waals surface area (Å²) in [5.41, 5.74) is 3.65. The molecule has 3 nitrogen and oxygen atoms in total. The molecule has 26 heavy (non-hydrogen) atoms. The van der Waals surface area contributed by atoms with Gasteiger partial charge < -0.3 is 5.32 Å². The molecular weight excluding hydrogens is 344 g/mol. The molecule has 2 heterocycles. The fraction of sp³-hybridized carbons (Fsp3) is 0.318. The third-order valence-corrected chi connectivity index (χ3v) is 5.94. The molecule has 2 aromatic carbocycles. The minimum atomic E-state index is -0.646. The maximum Gasteiger partial charge on any atom is 0.237 e. The number of amides is 1. The SMILES string of the molecule is CC(C)=C[C@@H]1N(C)C[C@H](c2ccccc2)[C@@]12C(=O)Nc1cc(Cl)ccc12. The van der Waals surface area contributed by atoms with E-state index in [2.05, 4.69) is 49.3 Å². The number of fused-ring (bicyclic) bond motifs is 2. The molecule has 1 spiro atoms. The Bertz CT molecular complexity index is 888. The van der Waals surface area contributed by atoms with Crippen molar-refractivity contribution >= 4 is 23.2 Å². The highest BCUT2D eigenvalue weighted by Crippen LogP contribution is 2.55. The number of likely N-dealkylation sites (N-methyl/N-ethyl adjacent to an activating group) is 1. The van der Waals surface area contributed by atoms with Gasteiger partial charge in [0, 0.05) is 29.2 Å². The first-order chi connectivity index (χ1) is 12.4. The van der Waals surface area contributed by atoms with Crippen LogP contribution in [0.25, 0.3) is 0 Å². The first kappa shape index (κ1) is 17.3. The zero-order valence-electron chi connectivity index (χ0n) is 15.3. The molecule has 0 aromatic heterocycles. The van der Waals surface area contributed by atoms with Crippen LogP contribution in [0.2, 0.25) is 5.02 Å². The Hall–Kier alpha value is -2.10. The number of benzene rings is 2. The van der Waals surface area contributed by atoms with Crippen molar-refractivity contribution < 1.29 is 4.79 Å². The molecule has 0 radical (unpaired) electrons. The highest BCUT2D eigenvalue weighted by Gasteiger charge is 2.62. The highest BCUT2D eigenvalue weighted by molar-refractivity contribution is 6.31. The number of anilines is 1. The van der Waals surface area contributed by atoms with Crippen molar-refractivity contribution in [3.63, 3.8) is 0 Å². The maximum atomic E-state index is 13.5. The van der Waals surface area contributed by atoms with Crippen LogP contribution >= 0.6 is 11.6 Å². The standard InChI is InChI=1S/C22H23ClN2O/c1-14(2)11-20-22(17-10-9-16(23)12-19(17)24-21(22)26)18(13-25(20)3)15-7-5-4-6-8-15/h4-12,18,20H,13H2,1-3H3,(H,24,26)/t18-,20+,22-/m1/s1. The molecule has 4 heteroatoms. The lowest BCUT2D eigenvalue weighted by molar-refractivity contribution is -0.121. The average molecular weight is 367 g/mol. The summed E-state index contributed by atoms with van der Waals surface area (Å²) in [6.45, 7) is 5.01. The lowest BCUT2D eigenvalue weighted by Gasteiger charge is -2.34. The molecule has 3 atom stereocenters. The van der Waals surface area contributed by atoms with E-state index < -0.39 is 5.41 Å². The molecule has 4 rings (SSSR count). The summed E-state index contributed by atoms with van der Waals surface area (Å²) in [5, 5.41) is 3.76. The third-order valence-electron chi connectivity index (χ3n) is 5.71. The van der Waals surface area contributed by atoms with Gasteiger partial charge in [-0.2, -0.15) is 0 Å². The van der Waals surface area contributed by atoms with Crippen molar-refractivity contribution in [2.75, 3.05) is 18.9 Å². The zero-order valence-corrected chi connectivity index (χ0v) is 16.0. The number of halogens is 1. The van der Waals surface area contributed by atoms with Gasteiger partial charge >= 0.3 is 0 Å². The maximum absolute atomic E-state index is 13.5. The Kier molecular flexibility index (Phi) is 4.17. The van der Waals surface area contributed by atoms with Crippen LogP contribution in [-0.2, 0) is 10.2 Å². The van der Waals surface area contributed by atoms with E-state index >= 15 is 0 Å². The number of carbonyl (C=O) groups is 1. The molecular formula is C22H23ClN2O. The van der Waals surface area contributed by atoms with Gasteiger partial charge in [0.1, 0.15) is 5.41 Å². The van der Waals surface area contributed by atoms with Gasteiger partial charge in [-0.05, 0) is 44.2 Å². The summed E-state index contributed by atoms with van der Waals surface area (Å²) >= 11 is 6.20. The van der Waals surface area contributed by atoms with E-state index in [0.717, 1.165) is 17.8 Å². The van der Waals surface area contributed by atoms with E-state index in [1.165, 1.54) is 11.1 Å². The summed E-state index contributed by atoms with van der Waals surface area (Å²) in [6.07, 6.45) is 2.23. The van der Waals surface area contributed by atoms with Crippen LogP contribution in [0.3, 0.4) is 0 Å². The molecule has 134 valence electrons. The van der Waals surface area contributed by atoms with Gasteiger partial charge in [0.15, 0.2) is 0 Å². The molecule has 0 aliphatic carbocycles. The first-order valence-corrected chi connectivity index (χ1v) is 9.34. The largest absolute Gasteiger partial charge is 0.325 e. The van der Waals surface area contributed by atoms with Crippen LogP contribution in [0.5, 0.6) is 0 Å². The fourth-order valence-electron chi connectivity index (χ4n) is 4.70. The molecule has 1 amide bonds. The van der Waals surface area contributed by atoms with Crippen molar-refractivity contribution in [1.82, 2.24) is 4.90 Å². The monoisotopic (exact) mass is 366 g/mol. The quantitative estimate of drug-likeness (QED) is 0.788. The van der Waals surface area contributed by atoms with E-state index in [4.69, 9.17) is 11.6 Å². The minimum Gasteiger partial charge on any atom is -0.325 e. The van der Waals surface area contributed by atoms with Gasteiger partial charge in [0.05, 0.1) is 0 Å². The zero-order chi connectivity index (χ0) is 18.5. The Morgan fingerprint density at radius 3 is 2.65 bits per heavy atom. The molecule has 1 saturated heterocycles. The van der Waals surface area contributed by atoms with Crippen LogP contribution in [0.1, 0.15) is 30.9 Å². The van der Waals surface area contributed by atoms with Crippen LogP contribution in [-0.4, -0.2) is 30.4 Å². The van der Waals surface area contributed by atoms with E-state index in [0.29, 0.717) is 5.02 Å². The molecule has 0 unspecified atom stereocenters. The highest BCUT2D eigenvalue weighted by atomic mass is 35.5. The number of likely N-dealkylation sites (tertiary alicyclic amines) is 1. The van der Waals surface area contributed by atoms with Gasteiger partial charge in [-0.3, -0.25) is 9.69 Å². The molecule has 2 aliphatic heterocycles. The molecule has 0 saturated carbocycles. The number of rotatable bonds is 2. The fourth-order valence-corrected chi connectivity index (χ4v) is 4.87. The van der Waals surface area contributed by atoms with Crippen LogP contribution < -0.4 is 5.32 Å². The summed E-state index contributed by atoms with van der Waals surface area (Å²) in [5.74, 6) is 0.146. The molecule has 1 fully saturated rings. The lowest BCUT2D eigenvalue weighted by Crippen LogP contribution is -2.47. The smallest absolute Gasteiger partial charge is 0.237 e. The number of nitrogens with one attached hydrogen (secondary N) is 1. The third kappa shape index (κ3) is 2.42. The van der Waals surface area contributed by atoms with Gasteiger partial charge in [-0.1, -0.05) is 59.6 Å². The Morgan fingerprint density at radius 1 is 1.23 bits per heavy atom. The Morgan fingerprint density at radius 2 is 1.96 bits per heavy atom. The van der Waals surface area contributed by atoms with Crippen molar-refractivity contribution in [2.24, 2.45) is 0 Å². The molecule has 0 bridgehead atoms. The number of hydrogen-bond donors (Lipinski definition) is 1. The topological polar surface area (TPSA) is 32.3 Å². The predicted molar refractivity (Wildman–Crippen MR) is 107 cm³/mol. The van der Waals surface area contributed by atoms with Gasteiger partial charge in [0.25, 0.3) is 0 Å². The summed E-state index contributed by atoms with van der Waals surface area (Å²) in [7, 11) is 2.11. The number of carbonyl (C=O) groups excluding carboxylic acids is 1. The van der Waals surface area contributed by atoms with Gasteiger partial charge in [0.2, 0.25) is 5.91 Å². The van der Waals surface area contributed by atoms with E-state index in [1.54, 1.807) is 0 Å². The molecule has 2 aliphatic rings.